The number of carbonyl (C=O) groups is 4. The van der Waals surface area contributed by atoms with E-state index in [0.29, 0.717) is 19.4 Å². The maximum Gasteiger partial charge on any atom is 0.338 e. The topological polar surface area (TPSA) is 102 Å². The molecule has 8 heteroatoms. The van der Waals surface area contributed by atoms with Gasteiger partial charge in [0, 0.05) is 18.5 Å². The van der Waals surface area contributed by atoms with Crippen molar-refractivity contribution in [3.63, 3.8) is 0 Å². The Morgan fingerprint density at radius 1 is 0.944 bits per heavy atom. The zero-order valence-electron chi connectivity index (χ0n) is 19.4. The molecule has 0 aromatic heterocycles. The van der Waals surface area contributed by atoms with Crippen LogP contribution in [0.15, 0.2) is 72.8 Å². The van der Waals surface area contributed by atoms with Gasteiger partial charge in [-0.3, -0.25) is 19.3 Å². The lowest BCUT2D eigenvalue weighted by Crippen LogP contribution is -2.35. The van der Waals surface area contributed by atoms with Crippen LogP contribution >= 0.6 is 0 Å². The number of imide groups is 1. The third kappa shape index (κ3) is 4.70. The molecule has 2 aliphatic heterocycles. The van der Waals surface area contributed by atoms with Gasteiger partial charge in [-0.05, 0) is 36.2 Å². The van der Waals surface area contributed by atoms with Gasteiger partial charge >= 0.3 is 5.97 Å². The van der Waals surface area contributed by atoms with Crippen molar-refractivity contribution in [3.05, 3.63) is 101 Å². The van der Waals surface area contributed by atoms with E-state index in [1.54, 1.807) is 0 Å². The van der Waals surface area contributed by atoms with Gasteiger partial charge < -0.3 is 14.8 Å². The molecule has 8 nitrogen and oxygen atoms in total. The third-order valence-corrected chi connectivity index (χ3v) is 6.30. The highest BCUT2D eigenvalue weighted by Gasteiger charge is 2.36. The summed E-state index contributed by atoms with van der Waals surface area (Å²) in [5, 5.41) is 2.87. The van der Waals surface area contributed by atoms with Crippen molar-refractivity contribution >= 4 is 23.7 Å². The number of nitrogens with zero attached hydrogens (tertiary/aromatic N) is 1. The van der Waals surface area contributed by atoms with Crippen molar-refractivity contribution in [2.24, 2.45) is 0 Å². The highest BCUT2D eigenvalue weighted by atomic mass is 16.5. The van der Waals surface area contributed by atoms with Crippen LogP contribution in [0.4, 0.5) is 0 Å². The monoisotopic (exact) mass is 484 g/mol. The molecule has 0 saturated heterocycles. The van der Waals surface area contributed by atoms with Gasteiger partial charge in [0.05, 0.1) is 29.3 Å². The Kier molecular flexibility index (Phi) is 6.49. The normalized spacial score (nSPS) is 16.1. The van der Waals surface area contributed by atoms with Gasteiger partial charge in [0.15, 0.2) is 6.61 Å². The van der Waals surface area contributed by atoms with Crippen LogP contribution in [0.1, 0.15) is 54.7 Å². The number of hydrogen-bond acceptors (Lipinski definition) is 6. The van der Waals surface area contributed by atoms with Crippen molar-refractivity contribution in [2.45, 2.75) is 18.9 Å². The Morgan fingerprint density at radius 3 is 2.53 bits per heavy atom. The Morgan fingerprint density at radius 2 is 1.69 bits per heavy atom. The van der Waals surface area contributed by atoms with Gasteiger partial charge in [-0.15, -0.1) is 0 Å². The van der Waals surface area contributed by atoms with Gasteiger partial charge in [0.2, 0.25) is 0 Å². The zero-order chi connectivity index (χ0) is 25.1. The standard InChI is InChI=1S/C28H24N2O6/c31-25(29-23-13-15-35-24-9-5-4-8-21(23)24)17-36-28(34)19-10-11-20-22(16-19)27(33)30(26(20)32)14-12-18-6-2-1-3-7-18/h1-11,16,23H,12-15,17H2,(H,29,31). The van der Waals surface area contributed by atoms with E-state index in [4.69, 9.17) is 9.47 Å². The molecule has 3 amide bonds. The molecule has 0 bridgehead atoms. The lowest BCUT2D eigenvalue weighted by molar-refractivity contribution is -0.125. The third-order valence-electron chi connectivity index (χ3n) is 6.30. The number of benzene rings is 3. The number of rotatable bonds is 7. The van der Waals surface area contributed by atoms with Gasteiger partial charge in [-0.1, -0.05) is 48.5 Å². The predicted octanol–water partition coefficient (Wildman–Crippen LogP) is 3.32. The molecular formula is C28H24N2O6. The zero-order valence-corrected chi connectivity index (χ0v) is 19.4. The predicted molar refractivity (Wildman–Crippen MR) is 130 cm³/mol. The summed E-state index contributed by atoms with van der Waals surface area (Å²) in [7, 11) is 0. The maximum atomic E-state index is 12.9. The fraction of sp³-hybridized carbons (Fsp3) is 0.214. The molecule has 36 heavy (non-hydrogen) atoms. The van der Waals surface area contributed by atoms with E-state index >= 15 is 0 Å². The Hall–Kier alpha value is -4.46. The minimum Gasteiger partial charge on any atom is -0.493 e. The Balaban J connectivity index is 1.19. The van der Waals surface area contributed by atoms with Crippen LogP contribution in [0.5, 0.6) is 5.75 Å². The minimum absolute atomic E-state index is 0.101. The number of esters is 1. The first-order valence-electron chi connectivity index (χ1n) is 11.7. The molecule has 1 unspecified atom stereocenters. The quantitative estimate of drug-likeness (QED) is 0.408. The van der Waals surface area contributed by atoms with Crippen LogP contribution in [-0.4, -0.2) is 48.3 Å². The van der Waals surface area contributed by atoms with Crippen LogP contribution in [0, 0.1) is 0 Å². The summed E-state index contributed by atoms with van der Waals surface area (Å²) < 4.78 is 10.8. The van der Waals surface area contributed by atoms with Crippen LogP contribution in [0.3, 0.4) is 0 Å². The summed E-state index contributed by atoms with van der Waals surface area (Å²) in [5.74, 6) is -1.30. The molecule has 0 fully saturated rings. The fourth-order valence-corrected chi connectivity index (χ4v) is 4.45. The molecule has 1 N–H and O–H groups in total. The minimum atomic E-state index is -0.747. The number of amides is 3. The molecule has 2 heterocycles. The Labute approximate surface area is 207 Å². The van der Waals surface area contributed by atoms with E-state index in [2.05, 4.69) is 5.32 Å². The molecule has 1 atom stereocenters. The molecule has 182 valence electrons. The summed E-state index contributed by atoms with van der Waals surface area (Å²) in [5.41, 5.74) is 2.40. The smallest absolute Gasteiger partial charge is 0.338 e. The van der Waals surface area contributed by atoms with Crippen LogP contribution in [0.2, 0.25) is 0 Å². The van der Waals surface area contributed by atoms with E-state index in [0.717, 1.165) is 16.9 Å². The molecule has 0 spiro atoms. The lowest BCUT2D eigenvalue weighted by atomic mass is 10.0. The van der Waals surface area contributed by atoms with E-state index in [-0.39, 0.29) is 35.2 Å². The summed E-state index contributed by atoms with van der Waals surface area (Å²) in [6.07, 6.45) is 1.15. The average molecular weight is 485 g/mol. The molecule has 0 aliphatic carbocycles. The second kappa shape index (κ2) is 10.0. The second-order valence-corrected chi connectivity index (χ2v) is 8.63. The van der Waals surface area contributed by atoms with Crippen LogP contribution < -0.4 is 10.1 Å². The van der Waals surface area contributed by atoms with E-state index in [1.807, 2.05) is 54.6 Å². The summed E-state index contributed by atoms with van der Waals surface area (Å²) in [6.45, 7) is 0.253. The Bertz CT molecular complexity index is 1340. The molecule has 0 radical (unpaired) electrons. The largest absolute Gasteiger partial charge is 0.493 e. The molecule has 3 aromatic rings. The first-order chi connectivity index (χ1) is 17.5. The lowest BCUT2D eigenvalue weighted by Gasteiger charge is -2.26. The molecule has 2 aliphatic rings. The first kappa shape index (κ1) is 23.3. The summed E-state index contributed by atoms with van der Waals surface area (Å²) in [6, 6.07) is 21.0. The van der Waals surface area contributed by atoms with Crippen molar-refractivity contribution < 1.29 is 28.7 Å². The van der Waals surface area contributed by atoms with Crippen molar-refractivity contribution in [3.8, 4) is 5.75 Å². The number of carbonyl (C=O) groups excluding carboxylic acids is 4. The highest BCUT2D eigenvalue weighted by Crippen LogP contribution is 2.31. The molecular weight excluding hydrogens is 460 g/mol. The summed E-state index contributed by atoms with van der Waals surface area (Å²) in [4.78, 5) is 51.8. The average Bonchev–Trinajstić information content (AvgIpc) is 3.15. The SMILES string of the molecule is O=C(COC(=O)c1ccc2c(c1)C(=O)N(CCc1ccccc1)C2=O)NC1CCOc2ccccc21. The number of fused-ring (bicyclic) bond motifs is 2. The van der Waals surface area contributed by atoms with Gasteiger partial charge in [-0.25, -0.2) is 4.79 Å². The van der Waals surface area contributed by atoms with Gasteiger partial charge in [0.1, 0.15) is 5.75 Å². The number of hydrogen-bond donors (Lipinski definition) is 1. The molecule has 0 saturated carbocycles. The molecule has 3 aromatic carbocycles. The van der Waals surface area contributed by atoms with Crippen LogP contribution in [-0.2, 0) is 16.0 Å². The van der Waals surface area contributed by atoms with Crippen molar-refractivity contribution in [1.29, 1.82) is 0 Å². The fourth-order valence-electron chi connectivity index (χ4n) is 4.45. The van der Waals surface area contributed by atoms with Crippen LogP contribution in [0.25, 0.3) is 0 Å². The van der Waals surface area contributed by atoms with E-state index < -0.39 is 24.4 Å². The highest BCUT2D eigenvalue weighted by molar-refractivity contribution is 6.22. The molecule has 5 rings (SSSR count). The van der Waals surface area contributed by atoms with Crippen molar-refractivity contribution in [1.82, 2.24) is 10.2 Å². The number of para-hydroxylation sites is 1. The summed E-state index contributed by atoms with van der Waals surface area (Å²) >= 11 is 0. The first-order valence-corrected chi connectivity index (χ1v) is 11.7. The van der Waals surface area contributed by atoms with Gasteiger partial charge in [0.25, 0.3) is 17.7 Å². The van der Waals surface area contributed by atoms with Gasteiger partial charge in [-0.2, -0.15) is 0 Å². The maximum absolute atomic E-state index is 12.9. The van der Waals surface area contributed by atoms with E-state index in [9.17, 15) is 19.2 Å². The second-order valence-electron chi connectivity index (χ2n) is 8.63. The van der Waals surface area contributed by atoms with Crippen molar-refractivity contribution in [2.75, 3.05) is 19.8 Å². The number of ether oxygens (including phenoxy) is 2. The number of nitrogens with one attached hydrogen (secondary N) is 1. The van der Waals surface area contributed by atoms with E-state index in [1.165, 1.54) is 23.1 Å².